The SMILES string of the molecule is CSC1=NC(C)(C)C=C(/C=C/c2ccc(C(F)(F)F)cc2)N1. The van der Waals surface area contributed by atoms with E-state index in [-0.39, 0.29) is 5.54 Å². The van der Waals surface area contributed by atoms with Crippen LogP contribution in [0.4, 0.5) is 13.2 Å². The average Bonchev–Trinajstić information content (AvgIpc) is 2.43. The van der Waals surface area contributed by atoms with Crippen molar-refractivity contribution in [2.24, 2.45) is 4.99 Å². The van der Waals surface area contributed by atoms with Gasteiger partial charge in [-0.25, -0.2) is 0 Å². The standard InChI is InChI=1S/C16H17F3N2S/c1-15(2)10-13(20-14(21-15)22-3)9-6-11-4-7-12(8-5-11)16(17,18)19/h4-10H,1-3H3,(H,20,21)/b9-6+. The third kappa shape index (κ3) is 4.40. The summed E-state index contributed by atoms with van der Waals surface area (Å²) in [5.41, 5.74) is 0.646. The molecule has 0 unspecified atom stereocenters. The molecule has 1 aliphatic rings. The lowest BCUT2D eigenvalue weighted by Crippen LogP contribution is -2.31. The number of rotatable bonds is 2. The van der Waals surface area contributed by atoms with Crippen molar-refractivity contribution in [2.45, 2.75) is 25.6 Å². The minimum Gasteiger partial charge on any atom is -0.335 e. The third-order valence-electron chi connectivity index (χ3n) is 3.04. The molecule has 0 aliphatic carbocycles. The summed E-state index contributed by atoms with van der Waals surface area (Å²) in [6, 6.07) is 5.08. The van der Waals surface area contributed by atoms with E-state index in [0.29, 0.717) is 5.56 Å². The van der Waals surface area contributed by atoms with Crippen LogP contribution in [-0.4, -0.2) is 17.0 Å². The number of benzene rings is 1. The number of nitrogens with zero attached hydrogens (tertiary/aromatic N) is 1. The van der Waals surface area contributed by atoms with Gasteiger partial charge in [-0.15, -0.1) is 0 Å². The molecule has 1 aliphatic heterocycles. The quantitative estimate of drug-likeness (QED) is 0.851. The first-order chi connectivity index (χ1) is 10.2. The highest BCUT2D eigenvalue weighted by molar-refractivity contribution is 8.13. The number of hydrogen-bond donors (Lipinski definition) is 1. The predicted octanol–water partition coefficient (Wildman–Crippen LogP) is 4.70. The zero-order valence-corrected chi connectivity index (χ0v) is 13.3. The Labute approximate surface area is 132 Å². The second kappa shape index (κ2) is 6.20. The number of allylic oxidation sites excluding steroid dienone is 1. The normalized spacial score (nSPS) is 17.9. The average molecular weight is 326 g/mol. The lowest BCUT2D eigenvalue weighted by Gasteiger charge is -2.24. The number of alkyl halides is 3. The van der Waals surface area contributed by atoms with Crippen LogP contribution in [0, 0.1) is 0 Å². The molecule has 0 radical (unpaired) electrons. The molecule has 0 fully saturated rings. The number of nitrogens with one attached hydrogen (secondary N) is 1. The van der Waals surface area contributed by atoms with E-state index in [2.05, 4.69) is 10.3 Å². The monoisotopic (exact) mass is 326 g/mol. The lowest BCUT2D eigenvalue weighted by atomic mass is 10.0. The molecule has 0 bridgehead atoms. The van der Waals surface area contributed by atoms with E-state index in [1.807, 2.05) is 32.3 Å². The van der Waals surface area contributed by atoms with Crippen LogP contribution in [-0.2, 0) is 6.18 Å². The summed E-state index contributed by atoms with van der Waals surface area (Å²) < 4.78 is 37.5. The summed E-state index contributed by atoms with van der Waals surface area (Å²) in [6.07, 6.45) is 3.23. The van der Waals surface area contributed by atoms with Crippen LogP contribution in [0.15, 0.2) is 47.1 Å². The fraction of sp³-hybridized carbons (Fsp3) is 0.312. The summed E-state index contributed by atoms with van der Waals surface area (Å²) in [7, 11) is 0. The lowest BCUT2D eigenvalue weighted by molar-refractivity contribution is -0.137. The van der Waals surface area contributed by atoms with Crippen LogP contribution in [0.2, 0.25) is 0 Å². The summed E-state index contributed by atoms with van der Waals surface area (Å²) in [5.74, 6) is 0. The van der Waals surface area contributed by atoms with Crippen molar-refractivity contribution in [1.82, 2.24) is 5.32 Å². The largest absolute Gasteiger partial charge is 0.416 e. The Balaban J connectivity index is 2.14. The maximum atomic E-state index is 12.5. The smallest absolute Gasteiger partial charge is 0.335 e. The van der Waals surface area contributed by atoms with Crippen molar-refractivity contribution in [2.75, 3.05) is 6.26 Å². The van der Waals surface area contributed by atoms with Crippen molar-refractivity contribution in [3.8, 4) is 0 Å². The second-order valence-corrected chi connectivity index (χ2v) is 6.25. The van der Waals surface area contributed by atoms with E-state index in [4.69, 9.17) is 0 Å². The van der Waals surface area contributed by atoms with Gasteiger partial charge in [-0.05, 0) is 50.0 Å². The fourth-order valence-corrected chi connectivity index (χ4v) is 2.56. The van der Waals surface area contributed by atoms with Gasteiger partial charge in [0.2, 0.25) is 0 Å². The Kier molecular flexibility index (Phi) is 4.70. The summed E-state index contributed by atoms with van der Waals surface area (Å²) in [5, 5.41) is 3.99. The van der Waals surface area contributed by atoms with Crippen molar-refractivity contribution in [3.63, 3.8) is 0 Å². The van der Waals surface area contributed by atoms with Gasteiger partial charge in [0, 0.05) is 5.70 Å². The van der Waals surface area contributed by atoms with Gasteiger partial charge < -0.3 is 5.32 Å². The molecule has 0 aromatic heterocycles. The Morgan fingerprint density at radius 1 is 1.14 bits per heavy atom. The topological polar surface area (TPSA) is 24.4 Å². The maximum absolute atomic E-state index is 12.5. The minimum atomic E-state index is -4.30. The first-order valence-corrected chi connectivity index (χ1v) is 7.91. The first kappa shape index (κ1) is 16.7. The predicted molar refractivity (Wildman–Crippen MR) is 86.7 cm³/mol. The Morgan fingerprint density at radius 2 is 1.77 bits per heavy atom. The zero-order chi connectivity index (χ0) is 16.4. The van der Waals surface area contributed by atoms with Crippen molar-refractivity contribution in [3.05, 3.63) is 53.2 Å². The fourth-order valence-electron chi connectivity index (χ4n) is 2.02. The zero-order valence-electron chi connectivity index (χ0n) is 12.5. The molecule has 0 saturated carbocycles. The van der Waals surface area contributed by atoms with E-state index in [9.17, 15) is 13.2 Å². The van der Waals surface area contributed by atoms with E-state index < -0.39 is 11.7 Å². The molecule has 1 N–H and O–H groups in total. The third-order valence-corrected chi connectivity index (χ3v) is 3.62. The van der Waals surface area contributed by atoms with Crippen molar-refractivity contribution >= 4 is 23.0 Å². The molecule has 118 valence electrons. The van der Waals surface area contributed by atoms with Gasteiger partial charge >= 0.3 is 6.18 Å². The number of hydrogen-bond acceptors (Lipinski definition) is 3. The van der Waals surface area contributed by atoms with Gasteiger partial charge in [-0.1, -0.05) is 30.0 Å². The van der Waals surface area contributed by atoms with Crippen LogP contribution < -0.4 is 5.32 Å². The van der Waals surface area contributed by atoms with Gasteiger partial charge in [0.15, 0.2) is 5.17 Å². The van der Waals surface area contributed by atoms with Gasteiger partial charge in [-0.2, -0.15) is 13.2 Å². The highest BCUT2D eigenvalue weighted by Gasteiger charge is 2.29. The minimum absolute atomic E-state index is 0.302. The number of halogens is 3. The van der Waals surface area contributed by atoms with E-state index in [0.717, 1.165) is 23.0 Å². The molecule has 1 aromatic rings. The second-order valence-electron chi connectivity index (χ2n) is 5.45. The Bertz CT molecular complexity index is 626. The maximum Gasteiger partial charge on any atom is 0.416 e. The molecule has 0 spiro atoms. The van der Waals surface area contributed by atoms with Crippen molar-refractivity contribution in [1.29, 1.82) is 0 Å². The molecule has 2 nitrogen and oxygen atoms in total. The number of thioether (sulfide) groups is 1. The highest BCUT2D eigenvalue weighted by Crippen LogP contribution is 2.29. The summed E-state index contributed by atoms with van der Waals surface area (Å²) in [6.45, 7) is 3.99. The van der Waals surface area contributed by atoms with Gasteiger partial charge in [0.1, 0.15) is 0 Å². The Hall–Kier alpha value is -1.69. The molecule has 0 amide bonds. The number of aliphatic imine (C=N–C) groups is 1. The van der Waals surface area contributed by atoms with Gasteiger partial charge in [0.25, 0.3) is 0 Å². The van der Waals surface area contributed by atoms with E-state index >= 15 is 0 Å². The molecule has 0 atom stereocenters. The molecule has 1 heterocycles. The van der Waals surface area contributed by atoms with Crippen LogP contribution in [0.5, 0.6) is 0 Å². The summed E-state index contributed by atoms with van der Waals surface area (Å²) in [4.78, 5) is 4.51. The van der Waals surface area contributed by atoms with Crippen LogP contribution in [0.1, 0.15) is 25.0 Å². The van der Waals surface area contributed by atoms with Crippen LogP contribution >= 0.6 is 11.8 Å². The van der Waals surface area contributed by atoms with Crippen LogP contribution in [0.25, 0.3) is 6.08 Å². The molecule has 2 rings (SSSR count). The van der Waals surface area contributed by atoms with Gasteiger partial charge in [0.05, 0.1) is 11.1 Å². The van der Waals surface area contributed by atoms with Crippen LogP contribution in [0.3, 0.4) is 0 Å². The molecule has 22 heavy (non-hydrogen) atoms. The molecule has 0 saturated heterocycles. The molecule has 6 heteroatoms. The first-order valence-electron chi connectivity index (χ1n) is 6.69. The number of amidine groups is 1. The molecule has 1 aromatic carbocycles. The van der Waals surface area contributed by atoms with Gasteiger partial charge in [-0.3, -0.25) is 4.99 Å². The Morgan fingerprint density at radius 3 is 2.32 bits per heavy atom. The summed E-state index contributed by atoms with van der Waals surface area (Å²) >= 11 is 1.52. The molecular formula is C16H17F3N2S. The highest BCUT2D eigenvalue weighted by atomic mass is 32.2. The van der Waals surface area contributed by atoms with E-state index in [1.54, 1.807) is 6.08 Å². The van der Waals surface area contributed by atoms with Crippen molar-refractivity contribution < 1.29 is 13.2 Å². The molecular weight excluding hydrogens is 309 g/mol. The van der Waals surface area contributed by atoms with E-state index in [1.165, 1.54) is 23.9 Å².